The Morgan fingerprint density at radius 1 is 1.10 bits per heavy atom. The highest BCUT2D eigenvalue weighted by Crippen LogP contribution is 2.44. The molecule has 5 rings (SSSR count). The summed E-state index contributed by atoms with van der Waals surface area (Å²) >= 11 is 1.48. The molecule has 0 radical (unpaired) electrons. The number of imide groups is 1. The van der Waals surface area contributed by atoms with E-state index in [1.54, 1.807) is 19.5 Å². The van der Waals surface area contributed by atoms with Crippen molar-refractivity contribution < 1.29 is 14.3 Å². The van der Waals surface area contributed by atoms with Crippen molar-refractivity contribution in [3.8, 4) is 5.75 Å². The van der Waals surface area contributed by atoms with E-state index in [0.29, 0.717) is 5.69 Å². The first-order valence-corrected chi connectivity index (χ1v) is 10.9. The molecule has 3 aromatic rings. The Bertz CT molecular complexity index is 1260. The minimum atomic E-state index is -0.432. The van der Waals surface area contributed by atoms with E-state index in [1.165, 1.54) is 16.7 Å². The van der Waals surface area contributed by atoms with Crippen LogP contribution < -0.4 is 15.0 Å². The molecule has 2 aliphatic heterocycles. The number of pyridine rings is 1. The van der Waals surface area contributed by atoms with Gasteiger partial charge in [-0.05, 0) is 42.7 Å². The van der Waals surface area contributed by atoms with E-state index in [0.717, 1.165) is 38.1 Å². The minimum absolute atomic E-state index is 0.236. The van der Waals surface area contributed by atoms with Crippen LogP contribution in [0.1, 0.15) is 16.7 Å². The first-order valence-electron chi connectivity index (χ1n) is 9.99. The summed E-state index contributed by atoms with van der Waals surface area (Å²) in [5, 5.41) is 4.25. The zero-order valence-corrected chi connectivity index (χ0v) is 18.2. The van der Waals surface area contributed by atoms with Crippen molar-refractivity contribution in [3.63, 3.8) is 0 Å². The molecule has 0 spiro atoms. The number of thioether (sulfide) groups is 1. The number of aromatic nitrogens is 1. The number of hydrogen-bond donors (Lipinski definition) is 1. The normalized spacial score (nSPS) is 20.5. The van der Waals surface area contributed by atoms with Gasteiger partial charge < -0.3 is 10.1 Å². The number of carbonyl (C=O) groups excluding carboxylic acids is 2. The lowest BCUT2D eigenvalue weighted by molar-refractivity contribution is -0.118. The molecule has 1 N–H and O–H groups in total. The third-order valence-corrected chi connectivity index (χ3v) is 7.12. The molecule has 1 fully saturated rings. The largest absolute Gasteiger partial charge is 0.496 e. The number of fused-ring (bicyclic) bond motifs is 2. The van der Waals surface area contributed by atoms with Crippen LogP contribution in [0.5, 0.6) is 5.75 Å². The van der Waals surface area contributed by atoms with Gasteiger partial charge in [-0.2, -0.15) is 0 Å². The molecular weight excluding hydrogens is 410 g/mol. The Hall–Kier alpha value is -3.32. The highest BCUT2D eigenvalue weighted by molar-refractivity contribution is 8.09. The molecule has 0 bridgehead atoms. The second-order valence-corrected chi connectivity index (χ2v) is 8.92. The van der Waals surface area contributed by atoms with Gasteiger partial charge in [0, 0.05) is 21.9 Å². The second kappa shape index (κ2) is 7.42. The number of urea groups is 1. The number of carbonyl (C=O) groups is 2. The summed E-state index contributed by atoms with van der Waals surface area (Å²) in [6, 6.07) is 10.9. The van der Waals surface area contributed by atoms with Crippen LogP contribution in [0.25, 0.3) is 15.7 Å². The maximum absolute atomic E-state index is 13.5. The highest BCUT2D eigenvalue weighted by atomic mass is 32.2. The van der Waals surface area contributed by atoms with E-state index in [1.807, 2.05) is 50.3 Å². The molecule has 7 heteroatoms. The van der Waals surface area contributed by atoms with Gasteiger partial charge in [0.1, 0.15) is 11.0 Å². The van der Waals surface area contributed by atoms with Crippen LogP contribution in [0.2, 0.25) is 0 Å². The molecule has 2 atom stereocenters. The molecular formula is C24H21N3O3S. The summed E-state index contributed by atoms with van der Waals surface area (Å²) in [6.07, 6.45) is 5.27. The number of methoxy groups -OCH3 is 1. The van der Waals surface area contributed by atoms with Crippen molar-refractivity contribution in [2.45, 2.75) is 25.1 Å². The molecule has 156 valence electrons. The number of nitrogens with zero attached hydrogens (tertiary/aromatic N) is 2. The van der Waals surface area contributed by atoms with Crippen LogP contribution in [0.15, 0.2) is 54.9 Å². The number of hydrogen-bond acceptors (Lipinski definition) is 5. The first kappa shape index (κ1) is 19.6. The zero-order chi connectivity index (χ0) is 21.7. The van der Waals surface area contributed by atoms with Gasteiger partial charge in [-0.3, -0.25) is 9.78 Å². The Kier molecular flexibility index (Phi) is 4.70. The molecule has 1 aromatic heterocycles. The molecule has 2 unspecified atom stereocenters. The number of amides is 3. The predicted molar refractivity (Wildman–Crippen MR) is 123 cm³/mol. The van der Waals surface area contributed by atoms with Gasteiger partial charge in [-0.1, -0.05) is 30.3 Å². The Labute approximate surface area is 184 Å². The lowest BCUT2D eigenvalue weighted by atomic mass is 10.0. The van der Waals surface area contributed by atoms with Gasteiger partial charge in [0.15, 0.2) is 0 Å². The van der Waals surface area contributed by atoms with E-state index >= 15 is 0 Å². The zero-order valence-electron chi connectivity index (χ0n) is 17.4. The molecule has 3 amide bonds. The number of rotatable bonds is 3. The third kappa shape index (κ3) is 3.16. The smallest absolute Gasteiger partial charge is 0.329 e. The number of anilines is 1. The third-order valence-electron chi connectivity index (χ3n) is 5.76. The van der Waals surface area contributed by atoms with Crippen molar-refractivity contribution in [2.75, 3.05) is 12.0 Å². The van der Waals surface area contributed by atoms with E-state index in [9.17, 15) is 9.59 Å². The lowest BCUT2D eigenvalue weighted by Crippen LogP contribution is -2.60. The van der Waals surface area contributed by atoms with Crippen LogP contribution in [0.3, 0.4) is 0 Å². The standard InChI is InChI=1S/C24H21N3O3S/c1-13-8-14(2)20(30-3)9-17(13)21-10-18-22(31-21)23(28)27(24(29)26-18)19-12-25-11-15-6-4-5-7-16(15)19/h4-12,18,22H,1-3H3,(H,26,29). The Morgan fingerprint density at radius 3 is 2.71 bits per heavy atom. The van der Waals surface area contributed by atoms with Gasteiger partial charge in [-0.25, -0.2) is 9.69 Å². The van der Waals surface area contributed by atoms with Crippen LogP contribution in [-0.4, -0.2) is 35.3 Å². The van der Waals surface area contributed by atoms with Crippen LogP contribution in [0.4, 0.5) is 10.5 Å². The van der Waals surface area contributed by atoms with Gasteiger partial charge in [0.25, 0.3) is 5.91 Å². The van der Waals surface area contributed by atoms with E-state index in [2.05, 4.69) is 16.4 Å². The maximum Gasteiger partial charge on any atom is 0.329 e. The lowest BCUT2D eigenvalue weighted by Gasteiger charge is -2.33. The average molecular weight is 432 g/mol. The molecule has 3 heterocycles. The fourth-order valence-electron chi connectivity index (χ4n) is 4.23. The molecule has 0 saturated carbocycles. The van der Waals surface area contributed by atoms with Crippen LogP contribution >= 0.6 is 11.8 Å². The maximum atomic E-state index is 13.5. The second-order valence-electron chi connectivity index (χ2n) is 7.73. The van der Waals surface area contributed by atoms with Crippen molar-refractivity contribution in [2.24, 2.45) is 0 Å². The summed E-state index contributed by atoms with van der Waals surface area (Å²) in [5.74, 6) is 0.565. The Balaban J connectivity index is 1.50. The van der Waals surface area contributed by atoms with Crippen molar-refractivity contribution in [1.29, 1.82) is 0 Å². The SMILES string of the molecule is COc1cc(C2=CC3NC(=O)N(c4cncc5ccccc45)C(=O)C3S2)c(C)cc1C. The molecule has 0 aliphatic carbocycles. The molecule has 6 nitrogen and oxygen atoms in total. The van der Waals surface area contributed by atoms with Crippen molar-refractivity contribution >= 4 is 45.1 Å². The van der Waals surface area contributed by atoms with Gasteiger partial charge in [0.05, 0.1) is 25.0 Å². The fraction of sp³-hybridized carbons (Fsp3) is 0.208. The summed E-state index contributed by atoms with van der Waals surface area (Å²) in [6.45, 7) is 4.05. The fourth-order valence-corrected chi connectivity index (χ4v) is 5.58. The van der Waals surface area contributed by atoms with Gasteiger partial charge in [-0.15, -0.1) is 11.8 Å². The summed E-state index contributed by atoms with van der Waals surface area (Å²) in [7, 11) is 1.65. The summed E-state index contributed by atoms with van der Waals surface area (Å²) in [4.78, 5) is 32.8. The van der Waals surface area contributed by atoms with Crippen molar-refractivity contribution in [1.82, 2.24) is 10.3 Å². The highest BCUT2D eigenvalue weighted by Gasteiger charge is 2.45. The number of ether oxygens (including phenoxy) is 1. The van der Waals surface area contributed by atoms with Crippen molar-refractivity contribution in [3.05, 3.63) is 71.6 Å². The average Bonchev–Trinajstić information content (AvgIpc) is 3.18. The predicted octanol–water partition coefficient (Wildman–Crippen LogP) is 4.44. The van der Waals surface area contributed by atoms with E-state index in [-0.39, 0.29) is 11.9 Å². The Morgan fingerprint density at radius 2 is 1.90 bits per heavy atom. The number of aryl methyl sites for hydroxylation is 2. The molecule has 31 heavy (non-hydrogen) atoms. The summed E-state index contributed by atoms with van der Waals surface area (Å²) < 4.78 is 5.48. The molecule has 1 saturated heterocycles. The first-order chi connectivity index (χ1) is 15.0. The van der Waals surface area contributed by atoms with E-state index < -0.39 is 11.3 Å². The molecule has 2 aliphatic rings. The molecule has 2 aromatic carbocycles. The topological polar surface area (TPSA) is 71.5 Å². The van der Waals surface area contributed by atoms with Gasteiger partial charge >= 0.3 is 6.03 Å². The van der Waals surface area contributed by atoms with Gasteiger partial charge in [0.2, 0.25) is 0 Å². The van der Waals surface area contributed by atoms with Crippen LogP contribution in [0, 0.1) is 13.8 Å². The monoisotopic (exact) mass is 431 g/mol. The number of benzene rings is 2. The summed E-state index contributed by atoms with van der Waals surface area (Å²) in [5.41, 5.74) is 3.68. The van der Waals surface area contributed by atoms with E-state index in [4.69, 9.17) is 4.74 Å². The minimum Gasteiger partial charge on any atom is -0.496 e. The van der Waals surface area contributed by atoms with Crippen LogP contribution in [-0.2, 0) is 4.79 Å². The number of nitrogens with one attached hydrogen (secondary N) is 1. The quantitative estimate of drug-likeness (QED) is 0.664.